The molecule has 1 aliphatic heterocycles. The zero-order chi connectivity index (χ0) is 22.9. The number of hydrogen-bond donors (Lipinski definition) is 2. The van der Waals surface area contributed by atoms with Gasteiger partial charge in [0.15, 0.2) is 5.82 Å². The molecule has 0 atom stereocenters. The number of aromatic nitrogens is 6. The van der Waals surface area contributed by atoms with E-state index in [1.165, 1.54) is 30.5 Å². The van der Waals surface area contributed by atoms with Crippen molar-refractivity contribution in [2.24, 2.45) is 7.05 Å². The van der Waals surface area contributed by atoms with Crippen LogP contribution < -0.4 is 15.5 Å². The number of nitrogens with one attached hydrogen (secondary N) is 2. The van der Waals surface area contributed by atoms with Gasteiger partial charge in [-0.25, -0.2) is 4.98 Å². The van der Waals surface area contributed by atoms with E-state index in [9.17, 15) is 0 Å². The molecule has 0 radical (unpaired) electrons. The first kappa shape index (κ1) is 21.2. The number of aryl methyl sites for hydroxylation is 2. The minimum absolute atomic E-state index is 0.747. The molecule has 3 aromatic heterocycles. The molecule has 4 aromatic rings. The predicted octanol–water partition coefficient (Wildman–Crippen LogP) is 3.53. The summed E-state index contributed by atoms with van der Waals surface area (Å²) >= 11 is 0. The molecule has 1 saturated heterocycles. The zero-order valence-electron chi connectivity index (χ0n) is 19.6. The molecule has 170 valence electrons. The molecular weight excluding hydrogens is 410 g/mol. The van der Waals surface area contributed by atoms with E-state index < -0.39 is 0 Å². The first-order valence-corrected chi connectivity index (χ1v) is 11.7. The Bertz CT molecular complexity index is 1430. The monoisotopic (exact) mass is 441 g/mol. The third-order valence-electron chi connectivity index (χ3n) is 6.48. The fourth-order valence-corrected chi connectivity index (χ4v) is 4.65. The second kappa shape index (κ2) is 8.73. The number of rotatable bonds is 5. The summed E-state index contributed by atoms with van der Waals surface area (Å²) in [6.07, 6.45) is 10.9. The summed E-state index contributed by atoms with van der Waals surface area (Å²) in [6, 6.07) is 6.34. The Morgan fingerprint density at radius 3 is 2.82 bits per heavy atom. The molecular formula is C26H31N7. The highest BCUT2D eigenvalue weighted by Gasteiger charge is 2.17. The number of hydrogen-bond acceptors (Lipinski definition) is 4. The van der Waals surface area contributed by atoms with E-state index in [2.05, 4.69) is 76.1 Å². The van der Waals surface area contributed by atoms with Crippen molar-refractivity contribution >= 4 is 34.9 Å². The number of imidazole rings is 1. The van der Waals surface area contributed by atoms with Gasteiger partial charge in [0, 0.05) is 37.1 Å². The van der Waals surface area contributed by atoms with Gasteiger partial charge in [-0.05, 0) is 56.4 Å². The minimum atomic E-state index is 0.747. The van der Waals surface area contributed by atoms with E-state index >= 15 is 0 Å². The zero-order valence-corrected chi connectivity index (χ0v) is 19.6. The van der Waals surface area contributed by atoms with Crippen molar-refractivity contribution in [2.45, 2.75) is 39.5 Å². The van der Waals surface area contributed by atoms with Gasteiger partial charge in [-0.2, -0.15) is 10.2 Å². The van der Waals surface area contributed by atoms with Crippen LogP contribution in [0.2, 0.25) is 0 Å². The highest BCUT2D eigenvalue weighted by molar-refractivity contribution is 5.90. The molecule has 7 heteroatoms. The molecule has 33 heavy (non-hydrogen) atoms. The summed E-state index contributed by atoms with van der Waals surface area (Å²) in [7, 11) is 1.96. The third-order valence-corrected chi connectivity index (χ3v) is 6.48. The Hall–Kier alpha value is -3.61. The third kappa shape index (κ3) is 3.99. The Balaban J connectivity index is 1.49. The van der Waals surface area contributed by atoms with Crippen molar-refractivity contribution in [1.29, 1.82) is 0 Å². The standard InChI is InChI=1S/C26H31N7/c1-5-20-19(16-32(4)31-20)17(2)12-13-21-18(3)24(30-29-21)26-27-22-10-9-11-23(25(22)28-26)33-14-7-6-8-15-33/h9-13,16,29H,3,5-8,14-15H2,1-2,4H3,(H,27,28)/b17-12+,21-13+. The topological polar surface area (TPSA) is 78.4 Å². The molecule has 0 spiro atoms. The number of para-hydroxylation sites is 1. The van der Waals surface area contributed by atoms with E-state index in [1.807, 2.05) is 17.8 Å². The van der Waals surface area contributed by atoms with Crippen LogP contribution in [0.3, 0.4) is 0 Å². The van der Waals surface area contributed by atoms with Crippen LogP contribution in [0.15, 0.2) is 30.5 Å². The Morgan fingerprint density at radius 2 is 2.03 bits per heavy atom. The van der Waals surface area contributed by atoms with Gasteiger partial charge >= 0.3 is 0 Å². The van der Waals surface area contributed by atoms with E-state index in [-0.39, 0.29) is 0 Å². The summed E-state index contributed by atoms with van der Waals surface area (Å²) in [5.74, 6) is 0.747. The lowest BCUT2D eigenvalue weighted by Gasteiger charge is -2.28. The van der Waals surface area contributed by atoms with Crippen LogP contribution in [0, 0.1) is 0 Å². The van der Waals surface area contributed by atoms with E-state index in [4.69, 9.17) is 4.98 Å². The fraction of sp³-hybridized carbons (Fsp3) is 0.346. The average molecular weight is 442 g/mol. The van der Waals surface area contributed by atoms with Crippen LogP contribution in [0.5, 0.6) is 0 Å². The number of H-pyrrole nitrogens is 2. The van der Waals surface area contributed by atoms with Gasteiger partial charge < -0.3 is 9.88 Å². The molecule has 1 aromatic carbocycles. The van der Waals surface area contributed by atoms with Crippen LogP contribution in [0.25, 0.3) is 40.8 Å². The SMILES string of the molecule is C=c1c(-c2nc3c(N4CCCCC4)cccc3[nH]2)n[nH]/c1=C/C=C(\C)c1cn(C)nc1CC. The van der Waals surface area contributed by atoms with Crippen molar-refractivity contribution in [3.8, 4) is 11.5 Å². The maximum atomic E-state index is 4.94. The molecule has 1 aliphatic rings. The summed E-state index contributed by atoms with van der Waals surface area (Å²) < 4.78 is 1.87. The smallest absolute Gasteiger partial charge is 0.159 e. The molecule has 2 N–H and O–H groups in total. The van der Waals surface area contributed by atoms with Gasteiger partial charge in [0.05, 0.1) is 22.2 Å². The molecule has 7 nitrogen and oxygen atoms in total. The highest BCUT2D eigenvalue weighted by Crippen LogP contribution is 2.29. The lowest BCUT2D eigenvalue weighted by molar-refractivity contribution is 0.579. The number of piperidine rings is 1. The van der Waals surface area contributed by atoms with Crippen LogP contribution in [0.4, 0.5) is 5.69 Å². The maximum absolute atomic E-state index is 4.94. The first-order chi connectivity index (χ1) is 16.0. The van der Waals surface area contributed by atoms with Crippen LogP contribution >= 0.6 is 0 Å². The molecule has 0 unspecified atom stereocenters. The summed E-state index contributed by atoms with van der Waals surface area (Å²) in [6.45, 7) is 10.7. The van der Waals surface area contributed by atoms with E-state index in [0.717, 1.165) is 63.9 Å². The van der Waals surface area contributed by atoms with Gasteiger partial charge in [0.25, 0.3) is 0 Å². The number of allylic oxidation sites excluding steroid dienone is 2. The average Bonchev–Trinajstić information content (AvgIpc) is 3.53. The summed E-state index contributed by atoms with van der Waals surface area (Å²) in [4.78, 5) is 10.8. The predicted molar refractivity (Wildman–Crippen MR) is 135 cm³/mol. The Morgan fingerprint density at radius 1 is 1.21 bits per heavy atom. The molecule has 1 fully saturated rings. The Kier molecular flexibility index (Phi) is 5.62. The van der Waals surface area contributed by atoms with Gasteiger partial charge in [0.2, 0.25) is 0 Å². The maximum Gasteiger partial charge on any atom is 0.159 e. The summed E-state index contributed by atoms with van der Waals surface area (Å²) in [5.41, 5.74) is 7.41. The quantitative estimate of drug-likeness (QED) is 0.497. The minimum Gasteiger partial charge on any atom is -0.370 e. The number of fused-ring (bicyclic) bond motifs is 1. The van der Waals surface area contributed by atoms with Gasteiger partial charge in [0.1, 0.15) is 11.2 Å². The number of anilines is 1. The van der Waals surface area contributed by atoms with Crippen molar-refractivity contribution < 1.29 is 0 Å². The largest absolute Gasteiger partial charge is 0.370 e. The molecule has 0 amide bonds. The van der Waals surface area contributed by atoms with E-state index in [1.54, 1.807) is 0 Å². The van der Waals surface area contributed by atoms with Crippen molar-refractivity contribution in [1.82, 2.24) is 29.9 Å². The van der Waals surface area contributed by atoms with Gasteiger partial charge in [-0.15, -0.1) is 0 Å². The fourth-order valence-electron chi connectivity index (χ4n) is 4.65. The molecule has 0 aliphatic carbocycles. The van der Waals surface area contributed by atoms with Gasteiger partial charge in [-0.3, -0.25) is 9.78 Å². The second-order valence-electron chi connectivity index (χ2n) is 8.80. The Labute approximate surface area is 193 Å². The number of nitrogens with zero attached hydrogens (tertiary/aromatic N) is 5. The highest BCUT2D eigenvalue weighted by atomic mass is 15.2. The van der Waals surface area contributed by atoms with Crippen molar-refractivity contribution in [3.05, 3.63) is 52.3 Å². The normalized spacial score (nSPS) is 15.7. The van der Waals surface area contributed by atoms with Crippen LogP contribution in [-0.4, -0.2) is 43.0 Å². The lowest BCUT2D eigenvalue weighted by Crippen LogP contribution is -2.29. The first-order valence-electron chi connectivity index (χ1n) is 11.7. The lowest BCUT2D eigenvalue weighted by atomic mass is 10.1. The van der Waals surface area contributed by atoms with E-state index in [0.29, 0.717) is 0 Å². The second-order valence-corrected chi connectivity index (χ2v) is 8.80. The molecule has 4 heterocycles. The van der Waals surface area contributed by atoms with Crippen LogP contribution in [0.1, 0.15) is 44.4 Å². The molecule has 0 saturated carbocycles. The van der Waals surface area contributed by atoms with Crippen molar-refractivity contribution in [2.75, 3.05) is 18.0 Å². The molecule has 0 bridgehead atoms. The van der Waals surface area contributed by atoms with Crippen molar-refractivity contribution in [3.63, 3.8) is 0 Å². The molecule has 5 rings (SSSR count). The van der Waals surface area contributed by atoms with Gasteiger partial charge in [-0.1, -0.05) is 25.6 Å². The van der Waals surface area contributed by atoms with Crippen LogP contribution in [-0.2, 0) is 13.5 Å². The summed E-state index contributed by atoms with van der Waals surface area (Å²) in [5, 5.41) is 13.9. The number of benzene rings is 1. The number of aromatic amines is 2.